The number of anilines is 1. The normalized spacial score (nSPS) is 20.5. The molecule has 0 aromatic carbocycles. The first-order valence-corrected chi connectivity index (χ1v) is 7.73. The zero-order valence-electron chi connectivity index (χ0n) is 13.9. The van der Waals surface area contributed by atoms with Crippen molar-refractivity contribution in [3.8, 4) is 0 Å². The van der Waals surface area contributed by atoms with Crippen molar-refractivity contribution in [1.82, 2.24) is 9.97 Å². The lowest BCUT2D eigenvalue weighted by Crippen LogP contribution is -2.38. The van der Waals surface area contributed by atoms with Crippen molar-refractivity contribution in [2.45, 2.75) is 64.9 Å². The molecule has 21 heavy (non-hydrogen) atoms. The van der Waals surface area contributed by atoms with Crippen LogP contribution in [-0.2, 0) is 10.3 Å². The van der Waals surface area contributed by atoms with Gasteiger partial charge >= 0.3 is 0 Å². The molecule has 1 aromatic heterocycles. The molecule has 1 heterocycles. The van der Waals surface area contributed by atoms with Crippen molar-refractivity contribution in [3.63, 3.8) is 0 Å². The van der Waals surface area contributed by atoms with Gasteiger partial charge in [-0.1, -0.05) is 27.7 Å². The Labute approximate surface area is 127 Å². The average molecular weight is 292 g/mol. The third kappa shape index (κ3) is 3.35. The summed E-state index contributed by atoms with van der Waals surface area (Å²) in [6.45, 7) is 8.86. The number of hydrazine groups is 1. The molecule has 2 rings (SSSR count). The molecule has 0 bridgehead atoms. The van der Waals surface area contributed by atoms with Gasteiger partial charge in [0.15, 0.2) is 5.82 Å². The van der Waals surface area contributed by atoms with Crippen LogP contribution in [0.4, 0.5) is 5.82 Å². The second-order valence-electron chi connectivity index (χ2n) is 7.16. The second-order valence-corrected chi connectivity index (χ2v) is 7.16. The Morgan fingerprint density at radius 2 is 1.81 bits per heavy atom. The summed E-state index contributed by atoms with van der Waals surface area (Å²) in [5.74, 6) is 7.31. The van der Waals surface area contributed by atoms with Crippen LogP contribution in [0.15, 0.2) is 6.07 Å². The molecule has 0 spiro atoms. The topological polar surface area (TPSA) is 73.1 Å². The first-order chi connectivity index (χ1) is 9.82. The zero-order chi connectivity index (χ0) is 15.7. The molecule has 5 nitrogen and oxygen atoms in total. The van der Waals surface area contributed by atoms with Crippen molar-refractivity contribution in [3.05, 3.63) is 17.6 Å². The van der Waals surface area contributed by atoms with E-state index in [9.17, 15) is 0 Å². The van der Waals surface area contributed by atoms with Gasteiger partial charge in [-0.15, -0.1) is 0 Å². The number of nitrogens with zero attached hydrogens (tertiary/aromatic N) is 2. The summed E-state index contributed by atoms with van der Waals surface area (Å²) in [7, 11) is 1.76. The number of methoxy groups -OCH3 is 1. The van der Waals surface area contributed by atoms with Gasteiger partial charge in [0.05, 0.1) is 0 Å². The summed E-state index contributed by atoms with van der Waals surface area (Å²) in [5.41, 5.74) is 3.63. The maximum Gasteiger partial charge on any atom is 0.162 e. The molecule has 0 aliphatic heterocycles. The van der Waals surface area contributed by atoms with E-state index < -0.39 is 0 Å². The molecule has 0 unspecified atom stereocenters. The van der Waals surface area contributed by atoms with E-state index in [1.54, 1.807) is 7.11 Å². The molecule has 1 aromatic rings. The fourth-order valence-corrected chi connectivity index (χ4v) is 2.89. The number of ether oxygens (including phenoxy) is 1. The summed E-state index contributed by atoms with van der Waals surface area (Å²) in [4.78, 5) is 9.34. The van der Waals surface area contributed by atoms with E-state index >= 15 is 0 Å². The largest absolute Gasteiger partial charge is 0.370 e. The van der Waals surface area contributed by atoms with E-state index in [1.807, 2.05) is 6.07 Å². The summed E-state index contributed by atoms with van der Waals surface area (Å²) in [5, 5.41) is 0. The van der Waals surface area contributed by atoms with Gasteiger partial charge in [0, 0.05) is 18.9 Å². The van der Waals surface area contributed by atoms with Crippen molar-refractivity contribution in [2.24, 2.45) is 11.3 Å². The third-order valence-electron chi connectivity index (χ3n) is 4.69. The van der Waals surface area contributed by atoms with Crippen molar-refractivity contribution in [1.29, 1.82) is 0 Å². The van der Waals surface area contributed by atoms with E-state index in [-0.39, 0.29) is 5.60 Å². The Hall–Kier alpha value is -1.20. The molecule has 0 radical (unpaired) electrons. The predicted octanol–water partition coefficient (Wildman–Crippen LogP) is 3.33. The SMILES string of the molecule is COC1(c2nc(NN)cc(C(C)C)n2)CCC(C)(C)CC1. The molecule has 118 valence electrons. The molecule has 1 aliphatic rings. The number of nitrogens with two attached hydrogens (primary N) is 1. The summed E-state index contributed by atoms with van der Waals surface area (Å²) >= 11 is 0. The maximum atomic E-state index is 5.90. The molecule has 1 fully saturated rings. The van der Waals surface area contributed by atoms with Crippen LogP contribution in [0.25, 0.3) is 0 Å². The molecule has 1 saturated carbocycles. The second kappa shape index (κ2) is 5.89. The van der Waals surface area contributed by atoms with Gasteiger partial charge in [0.1, 0.15) is 11.4 Å². The first kappa shape index (κ1) is 16.2. The number of hydrogen-bond donors (Lipinski definition) is 2. The van der Waals surface area contributed by atoms with Crippen LogP contribution in [0, 0.1) is 5.41 Å². The van der Waals surface area contributed by atoms with Crippen molar-refractivity contribution < 1.29 is 4.74 Å². The molecule has 0 saturated heterocycles. The lowest BCUT2D eigenvalue weighted by Gasteiger charge is -2.41. The molecular weight excluding hydrogens is 264 g/mol. The number of nitrogen functional groups attached to an aromatic ring is 1. The molecule has 0 atom stereocenters. The maximum absolute atomic E-state index is 5.90. The minimum atomic E-state index is -0.383. The fourth-order valence-electron chi connectivity index (χ4n) is 2.89. The van der Waals surface area contributed by atoms with Gasteiger partial charge in [-0.05, 0) is 37.0 Å². The minimum Gasteiger partial charge on any atom is -0.370 e. The van der Waals surface area contributed by atoms with Gasteiger partial charge in [-0.3, -0.25) is 0 Å². The van der Waals surface area contributed by atoms with Crippen molar-refractivity contribution in [2.75, 3.05) is 12.5 Å². The van der Waals surface area contributed by atoms with Gasteiger partial charge in [-0.2, -0.15) is 0 Å². The summed E-state index contributed by atoms with van der Waals surface area (Å²) in [6.07, 6.45) is 4.12. The van der Waals surface area contributed by atoms with E-state index in [1.165, 1.54) is 0 Å². The van der Waals surface area contributed by atoms with Crippen LogP contribution in [0.3, 0.4) is 0 Å². The Kier molecular flexibility index (Phi) is 4.54. The highest BCUT2D eigenvalue weighted by atomic mass is 16.5. The zero-order valence-corrected chi connectivity index (χ0v) is 13.9. The predicted molar refractivity (Wildman–Crippen MR) is 84.9 cm³/mol. The van der Waals surface area contributed by atoms with E-state index in [0.717, 1.165) is 37.2 Å². The van der Waals surface area contributed by atoms with Crippen LogP contribution < -0.4 is 11.3 Å². The molecule has 1 aliphatic carbocycles. The molecule has 3 N–H and O–H groups in total. The molecule has 5 heteroatoms. The average Bonchev–Trinajstić information content (AvgIpc) is 2.47. The van der Waals surface area contributed by atoms with Crippen LogP contribution in [0.1, 0.15) is 70.8 Å². The van der Waals surface area contributed by atoms with Crippen LogP contribution in [-0.4, -0.2) is 17.1 Å². The fraction of sp³-hybridized carbons (Fsp3) is 0.750. The van der Waals surface area contributed by atoms with Gasteiger partial charge in [-0.25, -0.2) is 15.8 Å². The van der Waals surface area contributed by atoms with Gasteiger partial charge in [0.2, 0.25) is 0 Å². The Morgan fingerprint density at radius 1 is 1.19 bits per heavy atom. The highest BCUT2D eigenvalue weighted by Gasteiger charge is 2.42. The number of nitrogens with one attached hydrogen (secondary N) is 1. The minimum absolute atomic E-state index is 0.327. The third-order valence-corrected chi connectivity index (χ3v) is 4.69. The van der Waals surface area contributed by atoms with Crippen molar-refractivity contribution >= 4 is 5.82 Å². The van der Waals surface area contributed by atoms with Crippen LogP contribution >= 0.6 is 0 Å². The number of hydrogen-bond acceptors (Lipinski definition) is 5. The van der Waals surface area contributed by atoms with E-state index in [4.69, 9.17) is 15.6 Å². The van der Waals surface area contributed by atoms with E-state index in [0.29, 0.717) is 17.2 Å². The van der Waals surface area contributed by atoms with Crippen LogP contribution in [0.2, 0.25) is 0 Å². The number of rotatable bonds is 4. The Morgan fingerprint density at radius 3 is 2.29 bits per heavy atom. The van der Waals surface area contributed by atoms with Gasteiger partial charge in [0.25, 0.3) is 0 Å². The molecule has 0 amide bonds. The lowest BCUT2D eigenvalue weighted by molar-refractivity contribution is -0.0729. The summed E-state index contributed by atoms with van der Waals surface area (Å²) in [6, 6.07) is 1.91. The first-order valence-electron chi connectivity index (χ1n) is 7.73. The smallest absolute Gasteiger partial charge is 0.162 e. The van der Waals surface area contributed by atoms with Crippen LogP contribution in [0.5, 0.6) is 0 Å². The number of aromatic nitrogens is 2. The summed E-state index contributed by atoms with van der Waals surface area (Å²) < 4.78 is 5.90. The standard InChI is InChI=1S/C16H28N4O/c1-11(2)12-10-13(20-17)19-14(18-12)16(21-5)8-6-15(3,4)7-9-16/h10-11H,6-9,17H2,1-5H3,(H,18,19,20). The van der Waals surface area contributed by atoms with E-state index in [2.05, 4.69) is 38.1 Å². The monoisotopic (exact) mass is 292 g/mol. The molecular formula is C16H28N4O. The Balaban J connectivity index is 2.40. The highest BCUT2D eigenvalue weighted by Crippen LogP contribution is 2.46. The quantitative estimate of drug-likeness (QED) is 0.658. The lowest BCUT2D eigenvalue weighted by atomic mass is 9.70. The Bertz CT molecular complexity index is 489. The highest BCUT2D eigenvalue weighted by molar-refractivity contribution is 5.36. The van der Waals surface area contributed by atoms with Gasteiger partial charge < -0.3 is 10.2 Å².